The highest BCUT2D eigenvalue weighted by Crippen LogP contribution is 2.14. The molecule has 1 N–H and O–H groups in total. The molecule has 2 heterocycles. The Balaban J connectivity index is 1.64. The average Bonchev–Trinajstić information content (AvgIpc) is 2.62. The Bertz CT molecular complexity index is 204. The van der Waals surface area contributed by atoms with Gasteiger partial charge in [0.2, 0.25) is 0 Å². The second-order valence-electron chi connectivity index (χ2n) is 5.46. The van der Waals surface area contributed by atoms with Crippen LogP contribution in [0.25, 0.3) is 0 Å². The zero-order chi connectivity index (χ0) is 11.9. The molecule has 0 spiro atoms. The topological polar surface area (TPSA) is 24.5 Å². The quantitative estimate of drug-likeness (QED) is 0.813. The van der Waals surface area contributed by atoms with Crippen molar-refractivity contribution in [1.29, 1.82) is 0 Å². The van der Waals surface area contributed by atoms with Gasteiger partial charge >= 0.3 is 0 Å². The van der Waals surface area contributed by atoms with Crippen LogP contribution in [0.1, 0.15) is 45.4 Å². The minimum atomic E-state index is 0.481. The molecule has 0 saturated carbocycles. The molecular formula is C14H28N2O. The van der Waals surface area contributed by atoms with Gasteiger partial charge in [-0.05, 0) is 58.2 Å². The van der Waals surface area contributed by atoms with Crippen LogP contribution in [0.5, 0.6) is 0 Å². The van der Waals surface area contributed by atoms with Crippen molar-refractivity contribution in [1.82, 2.24) is 10.2 Å². The van der Waals surface area contributed by atoms with E-state index in [4.69, 9.17) is 4.74 Å². The van der Waals surface area contributed by atoms with Gasteiger partial charge in [0, 0.05) is 19.2 Å². The van der Waals surface area contributed by atoms with Crippen molar-refractivity contribution in [3.05, 3.63) is 0 Å². The molecule has 0 radical (unpaired) electrons. The smallest absolute Gasteiger partial charge is 0.0699 e. The fraction of sp³-hybridized carbons (Fsp3) is 1.00. The van der Waals surface area contributed by atoms with Crippen molar-refractivity contribution < 1.29 is 4.74 Å². The van der Waals surface area contributed by atoms with Crippen LogP contribution in [0.3, 0.4) is 0 Å². The lowest BCUT2D eigenvalue weighted by Crippen LogP contribution is -2.38. The van der Waals surface area contributed by atoms with E-state index in [0.717, 1.165) is 19.2 Å². The molecule has 2 rings (SSSR count). The summed E-state index contributed by atoms with van der Waals surface area (Å²) in [6, 6.07) is 0.720. The third-order valence-corrected chi connectivity index (χ3v) is 4.18. The van der Waals surface area contributed by atoms with Gasteiger partial charge in [0.1, 0.15) is 0 Å². The number of nitrogens with one attached hydrogen (secondary N) is 1. The van der Waals surface area contributed by atoms with Crippen LogP contribution in [0, 0.1) is 0 Å². The average molecular weight is 240 g/mol. The Morgan fingerprint density at radius 2 is 2.06 bits per heavy atom. The van der Waals surface area contributed by atoms with Gasteiger partial charge in [0.05, 0.1) is 6.10 Å². The summed E-state index contributed by atoms with van der Waals surface area (Å²) in [6.45, 7) is 8.06. The molecule has 2 aliphatic heterocycles. The number of hydrogen-bond acceptors (Lipinski definition) is 3. The maximum absolute atomic E-state index is 5.77. The van der Waals surface area contributed by atoms with Crippen molar-refractivity contribution in [3.63, 3.8) is 0 Å². The van der Waals surface area contributed by atoms with Gasteiger partial charge < -0.3 is 15.0 Å². The highest BCUT2D eigenvalue weighted by Gasteiger charge is 2.18. The first-order valence-electron chi connectivity index (χ1n) is 7.46. The molecule has 2 aliphatic rings. The molecule has 3 heteroatoms. The number of likely N-dealkylation sites (tertiary alicyclic amines) is 1. The second-order valence-corrected chi connectivity index (χ2v) is 5.46. The predicted molar refractivity (Wildman–Crippen MR) is 71.3 cm³/mol. The van der Waals surface area contributed by atoms with Crippen LogP contribution in [0.2, 0.25) is 0 Å². The molecule has 2 unspecified atom stereocenters. The first kappa shape index (κ1) is 13.3. The Kier molecular flexibility index (Phi) is 5.75. The summed E-state index contributed by atoms with van der Waals surface area (Å²) < 4.78 is 5.77. The van der Waals surface area contributed by atoms with Crippen molar-refractivity contribution in [2.24, 2.45) is 0 Å². The number of nitrogens with zero attached hydrogens (tertiary/aromatic N) is 1. The molecule has 3 nitrogen and oxygen atoms in total. The minimum Gasteiger partial charge on any atom is -0.377 e. The normalized spacial score (nSPS) is 32.3. The van der Waals surface area contributed by atoms with Gasteiger partial charge in [-0.3, -0.25) is 0 Å². The fourth-order valence-electron chi connectivity index (χ4n) is 2.94. The van der Waals surface area contributed by atoms with E-state index in [-0.39, 0.29) is 0 Å². The first-order valence-corrected chi connectivity index (χ1v) is 7.46. The molecule has 2 fully saturated rings. The van der Waals surface area contributed by atoms with Crippen molar-refractivity contribution >= 4 is 0 Å². The third-order valence-electron chi connectivity index (χ3n) is 4.18. The van der Waals surface area contributed by atoms with Gasteiger partial charge in [0.25, 0.3) is 0 Å². The number of rotatable bonds is 4. The molecule has 0 bridgehead atoms. The van der Waals surface area contributed by atoms with Crippen LogP contribution < -0.4 is 5.32 Å². The lowest BCUT2D eigenvalue weighted by molar-refractivity contribution is 0.0151. The molecule has 100 valence electrons. The van der Waals surface area contributed by atoms with Crippen molar-refractivity contribution in [2.45, 2.75) is 57.6 Å². The van der Waals surface area contributed by atoms with E-state index in [2.05, 4.69) is 17.1 Å². The van der Waals surface area contributed by atoms with E-state index in [1.165, 1.54) is 58.2 Å². The van der Waals surface area contributed by atoms with E-state index < -0.39 is 0 Å². The molecule has 0 amide bonds. The lowest BCUT2D eigenvalue weighted by atomic mass is 10.1. The van der Waals surface area contributed by atoms with Gasteiger partial charge in [-0.2, -0.15) is 0 Å². The predicted octanol–water partition coefficient (Wildman–Crippen LogP) is 2.02. The maximum atomic E-state index is 5.77. The van der Waals surface area contributed by atoms with E-state index in [9.17, 15) is 0 Å². The highest BCUT2D eigenvalue weighted by molar-refractivity contribution is 4.76. The van der Waals surface area contributed by atoms with Crippen molar-refractivity contribution in [3.8, 4) is 0 Å². The second kappa shape index (κ2) is 7.34. The number of ether oxygens (including phenoxy) is 1. The Hall–Kier alpha value is -0.120. The summed E-state index contributed by atoms with van der Waals surface area (Å²) in [7, 11) is 0. The fourth-order valence-corrected chi connectivity index (χ4v) is 2.94. The molecule has 0 aliphatic carbocycles. The van der Waals surface area contributed by atoms with E-state index >= 15 is 0 Å². The Labute approximate surface area is 106 Å². The third kappa shape index (κ3) is 4.57. The van der Waals surface area contributed by atoms with E-state index in [0.29, 0.717) is 6.10 Å². The van der Waals surface area contributed by atoms with Crippen LogP contribution in [-0.2, 0) is 4.74 Å². The standard InChI is InChI=1S/C14H28N2O/c1-2-16-9-5-6-13(8-10-16)15-12-14-7-3-4-11-17-14/h13-15H,2-12H2,1H3. The minimum absolute atomic E-state index is 0.481. The first-order chi connectivity index (χ1) is 8.38. The lowest BCUT2D eigenvalue weighted by Gasteiger charge is -2.25. The van der Waals surface area contributed by atoms with Gasteiger partial charge in [0.15, 0.2) is 0 Å². The summed E-state index contributed by atoms with van der Waals surface area (Å²) in [5, 5.41) is 3.72. The van der Waals surface area contributed by atoms with Crippen molar-refractivity contribution in [2.75, 3.05) is 32.8 Å². The summed E-state index contributed by atoms with van der Waals surface area (Å²) in [5.74, 6) is 0. The summed E-state index contributed by atoms with van der Waals surface area (Å²) >= 11 is 0. The van der Waals surface area contributed by atoms with Crippen LogP contribution in [-0.4, -0.2) is 49.8 Å². The molecule has 0 aromatic heterocycles. The zero-order valence-corrected chi connectivity index (χ0v) is 11.3. The van der Waals surface area contributed by atoms with Crippen LogP contribution in [0.15, 0.2) is 0 Å². The highest BCUT2D eigenvalue weighted by atomic mass is 16.5. The molecule has 2 saturated heterocycles. The Morgan fingerprint density at radius 1 is 1.12 bits per heavy atom. The largest absolute Gasteiger partial charge is 0.377 e. The summed E-state index contributed by atoms with van der Waals surface area (Å²) in [4.78, 5) is 2.57. The number of hydrogen-bond donors (Lipinski definition) is 1. The molecule has 0 aromatic carbocycles. The van der Waals surface area contributed by atoms with E-state index in [1.807, 2.05) is 0 Å². The van der Waals surface area contributed by atoms with Gasteiger partial charge in [-0.15, -0.1) is 0 Å². The van der Waals surface area contributed by atoms with Crippen LogP contribution in [0.4, 0.5) is 0 Å². The SMILES string of the molecule is CCN1CCCC(NCC2CCCCO2)CC1. The summed E-state index contributed by atoms with van der Waals surface area (Å²) in [5.41, 5.74) is 0. The van der Waals surface area contributed by atoms with E-state index in [1.54, 1.807) is 0 Å². The van der Waals surface area contributed by atoms with Crippen LogP contribution >= 0.6 is 0 Å². The molecule has 2 atom stereocenters. The molecule has 0 aromatic rings. The monoisotopic (exact) mass is 240 g/mol. The zero-order valence-electron chi connectivity index (χ0n) is 11.3. The van der Waals surface area contributed by atoms with Gasteiger partial charge in [-0.25, -0.2) is 0 Å². The molecule has 17 heavy (non-hydrogen) atoms. The Morgan fingerprint density at radius 3 is 2.82 bits per heavy atom. The maximum Gasteiger partial charge on any atom is 0.0699 e. The van der Waals surface area contributed by atoms with Gasteiger partial charge in [-0.1, -0.05) is 6.92 Å². The summed E-state index contributed by atoms with van der Waals surface area (Å²) in [6.07, 6.45) is 8.32. The molecular weight excluding hydrogens is 212 g/mol.